The Hall–Kier alpha value is -2.17. The Morgan fingerprint density at radius 1 is 1.08 bits per heavy atom. The van der Waals surface area contributed by atoms with Crippen molar-refractivity contribution in [2.24, 2.45) is 0 Å². The van der Waals surface area contributed by atoms with Crippen LogP contribution in [0.25, 0.3) is 11.0 Å². The summed E-state index contributed by atoms with van der Waals surface area (Å²) in [4.78, 5) is 31.0. The van der Waals surface area contributed by atoms with Crippen molar-refractivity contribution in [3.05, 3.63) is 34.2 Å². The first kappa shape index (κ1) is 17.6. The van der Waals surface area contributed by atoms with Gasteiger partial charge in [-0.25, -0.2) is 4.79 Å². The number of amides is 1. The molecule has 0 spiro atoms. The molecule has 0 saturated carbocycles. The number of benzene rings is 1. The Morgan fingerprint density at radius 3 is 2.52 bits per heavy atom. The average molecular weight is 367 g/mol. The number of nitrogens with zero attached hydrogens (tertiary/aromatic N) is 3. The highest BCUT2D eigenvalue weighted by Gasteiger charge is 2.28. The van der Waals surface area contributed by atoms with Crippen molar-refractivity contribution in [2.45, 2.75) is 6.42 Å². The molecule has 0 unspecified atom stereocenters. The lowest BCUT2D eigenvalue weighted by molar-refractivity contribution is 0.0764. The largest absolute Gasteiger partial charge is 0.337 e. The number of fused-ring (bicyclic) bond motifs is 1. The quantitative estimate of drug-likeness (QED) is 0.783. The van der Waals surface area contributed by atoms with Crippen LogP contribution in [0.3, 0.4) is 0 Å². The fourth-order valence-electron chi connectivity index (χ4n) is 2.91. The third-order valence-electron chi connectivity index (χ3n) is 4.29. The van der Waals surface area contributed by atoms with Gasteiger partial charge in [0.15, 0.2) is 0 Å². The first-order chi connectivity index (χ1) is 11.8. The molecule has 136 valence electrons. The summed E-state index contributed by atoms with van der Waals surface area (Å²) in [5.74, 6) is -0.173. The van der Waals surface area contributed by atoms with Crippen molar-refractivity contribution >= 4 is 27.1 Å². The van der Waals surface area contributed by atoms with Gasteiger partial charge in [0.1, 0.15) is 0 Å². The van der Waals surface area contributed by atoms with Crippen molar-refractivity contribution < 1.29 is 13.2 Å². The van der Waals surface area contributed by atoms with Crippen molar-refractivity contribution in [1.29, 1.82) is 0 Å². The van der Waals surface area contributed by atoms with Crippen molar-refractivity contribution in [2.75, 3.05) is 40.3 Å². The first-order valence-electron chi connectivity index (χ1n) is 7.98. The van der Waals surface area contributed by atoms with Gasteiger partial charge in [0.25, 0.3) is 16.1 Å². The topological polar surface area (TPSA) is 110 Å². The summed E-state index contributed by atoms with van der Waals surface area (Å²) in [7, 11) is -0.486. The predicted molar refractivity (Wildman–Crippen MR) is 93.6 cm³/mol. The number of hydrogen-bond acceptors (Lipinski definition) is 4. The van der Waals surface area contributed by atoms with Crippen molar-refractivity contribution in [3.63, 3.8) is 0 Å². The van der Waals surface area contributed by atoms with E-state index in [1.54, 1.807) is 23.1 Å². The second-order valence-corrected chi connectivity index (χ2v) is 8.32. The van der Waals surface area contributed by atoms with Crippen LogP contribution in [0.15, 0.2) is 23.0 Å². The highest BCUT2D eigenvalue weighted by molar-refractivity contribution is 7.86. The molecule has 25 heavy (non-hydrogen) atoms. The molecule has 1 aromatic carbocycles. The predicted octanol–water partition coefficient (Wildman–Crippen LogP) is -0.189. The molecule has 3 rings (SSSR count). The van der Waals surface area contributed by atoms with Crippen LogP contribution < -0.4 is 5.69 Å². The molecule has 2 aromatic rings. The standard InChI is InChI=1S/C15H21N5O4S/c1-18(2)25(23,24)20-7-3-6-19(8-9-20)14(21)11-4-5-12-13(10-11)17-15(22)16-12/h4-5,10H,3,6-9H2,1-2H3,(H2,16,17,22). The van der Waals surface area contributed by atoms with Gasteiger partial charge in [0.05, 0.1) is 11.0 Å². The van der Waals surface area contributed by atoms with E-state index >= 15 is 0 Å². The number of H-pyrrole nitrogens is 2. The van der Waals surface area contributed by atoms with Gasteiger partial charge in [0.2, 0.25) is 0 Å². The molecule has 1 fully saturated rings. The third kappa shape index (κ3) is 3.46. The van der Waals surface area contributed by atoms with Crippen LogP contribution in [-0.4, -0.2) is 78.1 Å². The van der Waals surface area contributed by atoms with Crippen LogP contribution >= 0.6 is 0 Å². The minimum Gasteiger partial charge on any atom is -0.337 e. The van der Waals surface area contributed by atoms with E-state index < -0.39 is 10.2 Å². The normalized spacial score (nSPS) is 17.2. The van der Waals surface area contributed by atoms with Crippen LogP contribution in [0.2, 0.25) is 0 Å². The maximum absolute atomic E-state index is 12.7. The Labute approximate surface area is 145 Å². The number of aromatic amines is 2. The number of carbonyl (C=O) groups is 1. The van der Waals surface area contributed by atoms with E-state index in [-0.39, 0.29) is 18.1 Å². The zero-order valence-electron chi connectivity index (χ0n) is 14.2. The molecular formula is C15H21N5O4S. The van der Waals surface area contributed by atoms with Gasteiger partial charge in [-0.2, -0.15) is 17.0 Å². The maximum Gasteiger partial charge on any atom is 0.323 e. The molecule has 1 aliphatic heterocycles. The number of nitrogens with one attached hydrogen (secondary N) is 2. The molecule has 1 saturated heterocycles. The van der Waals surface area contributed by atoms with Gasteiger partial charge in [-0.05, 0) is 24.6 Å². The second-order valence-electron chi connectivity index (χ2n) is 6.17. The summed E-state index contributed by atoms with van der Waals surface area (Å²) < 4.78 is 27.1. The number of imidazole rings is 1. The molecule has 0 bridgehead atoms. The van der Waals surface area contributed by atoms with Gasteiger partial charge in [0, 0.05) is 45.8 Å². The molecule has 2 heterocycles. The monoisotopic (exact) mass is 367 g/mol. The van der Waals surface area contributed by atoms with Gasteiger partial charge >= 0.3 is 5.69 Å². The summed E-state index contributed by atoms with van der Waals surface area (Å²) >= 11 is 0. The molecule has 1 amide bonds. The zero-order chi connectivity index (χ0) is 18.2. The minimum atomic E-state index is -3.48. The van der Waals surface area contributed by atoms with Crippen LogP contribution in [0.1, 0.15) is 16.8 Å². The van der Waals surface area contributed by atoms with E-state index in [0.717, 1.165) is 0 Å². The molecule has 10 heteroatoms. The average Bonchev–Trinajstić information content (AvgIpc) is 2.77. The highest BCUT2D eigenvalue weighted by atomic mass is 32.2. The Balaban J connectivity index is 1.77. The van der Waals surface area contributed by atoms with E-state index in [9.17, 15) is 18.0 Å². The third-order valence-corrected chi connectivity index (χ3v) is 6.23. The van der Waals surface area contributed by atoms with Crippen LogP contribution in [0.5, 0.6) is 0 Å². The number of rotatable bonds is 3. The van der Waals surface area contributed by atoms with Gasteiger partial charge < -0.3 is 14.9 Å². The summed E-state index contributed by atoms with van der Waals surface area (Å²) in [5.41, 5.74) is 1.36. The maximum atomic E-state index is 12.7. The van der Waals surface area contributed by atoms with Gasteiger partial charge in [-0.15, -0.1) is 0 Å². The highest BCUT2D eigenvalue weighted by Crippen LogP contribution is 2.15. The van der Waals surface area contributed by atoms with E-state index in [0.29, 0.717) is 42.7 Å². The summed E-state index contributed by atoms with van der Waals surface area (Å²) in [5, 5.41) is 0. The van der Waals surface area contributed by atoms with Crippen LogP contribution in [0, 0.1) is 0 Å². The van der Waals surface area contributed by atoms with Crippen molar-refractivity contribution in [3.8, 4) is 0 Å². The molecule has 1 aliphatic rings. The summed E-state index contributed by atoms with van der Waals surface area (Å²) in [6.45, 7) is 1.46. The lowest BCUT2D eigenvalue weighted by Crippen LogP contribution is -2.42. The SMILES string of the molecule is CN(C)S(=O)(=O)N1CCCN(C(=O)c2ccc3[nH]c(=O)[nH]c3c2)CC1. The molecule has 0 atom stereocenters. The first-order valence-corrected chi connectivity index (χ1v) is 9.37. The smallest absolute Gasteiger partial charge is 0.323 e. The fraction of sp³-hybridized carbons (Fsp3) is 0.467. The molecule has 0 radical (unpaired) electrons. The Bertz CT molecular complexity index is 946. The number of hydrogen-bond donors (Lipinski definition) is 2. The Kier molecular flexibility index (Phi) is 4.67. The number of carbonyl (C=O) groups excluding carboxylic acids is 1. The molecule has 0 aliphatic carbocycles. The second kappa shape index (κ2) is 6.62. The summed E-state index contributed by atoms with van der Waals surface area (Å²) in [6.07, 6.45) is 0.571. The molecule has 1 aromatic heterocycles. The Morgan fingerprint density at radius 2 is 1.80 bits per heavy atom. The minimum absolute atomic E-state index is 0.173. The van der Waals surface area contributed by atoms with E-state index in [1.165, 1.54) is 22.7 Å². The lowest BCUT2D eigenvalue weighted by atomic mass is 10.1. The van der Waals surface area contributed by atoms with Gasteiger partial charge in [-0.3, -0.25) is 4.79 Å². The lowest BCUT2D eigenvalue weighted by Gasteiger charge is -2.24. The van der Waals surface area contributed by atoms with E-state index in [1.807, 2.05) is 0 Å². The number of aromatic nitrogens is 2. The molecular weight excluding hydrogens is 346 g/mol. The van der Waals surface area contributed by atoms with E-state index in [2.05, 4.69) is 9.97 Å². The van der Waals surface area contributed by atoms with Crippen LogP contribution in [0.4, 0.5) is 0 Å². The van der Waals surface area contributed by atoms with Gasteiger partial charge in [-0.1, -0.05) is 0 Å². The van der Waals surface area contributed by atoms with E-state index in [4.69, 9.17) is 0 Å². The van der Waals surface area contributed by atoms with Crippen LogP contribution in [-0.2, 0) is 10.2 Å². The molecule has 2 N–H and O–H groups in total. The van der Waals surface area contributed by atoms with Crippen molar-refractivity contribution in [1.82, 2.24) is 23.5 Å². The summed E-state index contributed by atoms with van der Waals surface area (Å²) in [6, 6.07) is 4.98. The fourth-order valence-corrected chi connectivity index (χ4v) is 4.04. The molecule has 9 nitrogen and oxygen atoms in total. The zero-order valence-corrected chi connectivity index (χ0v) is 15.0.